The second-order valence-corrected chi connectivity index (χ2v) is 10.3. The molecular formula is C28H25F6N5O4. The van der Waals surface area contributed by atoms with Crippen LogP contribution in [0, 0.1) is 5.92 Å². The van der Waals surface area contributed by atoms with Crippen molar-refractivity contribution < 1.29 is 45.9 Å². The maximum absolute atomic E-state index is 14.1. The largest absolute Gasteiger partial charge is 0.481 e. The molecule has 2 atom stereocenters. The topological polar surface area (TPSA) is 118 Å². The molecule has 1 fully saturated rings. The molecule has 4 aromatic rings. The maximum atomic E-state index is 14.1. The number of carboxylic acid groups (broad SMARTS) is 1. The van der Waals surface area contributed by atoms with Gasteiger partial charge in [0, 0.05) is 25.1 Å². The molecule has 43 heavy (non-hydrogen) atoms. The first kappa shape index (κ1) is 30.2. The molecule has 1 saturated heterocycles. The van der Waals surface area contributed by atoms with Gasteiger partial charge in [0.1, 0.15) is 0 Å². The Morgan fingerprint density at radius 2 is 1.81 bits per heavy atom. The van der Waals surface area contributed by atoms with Crippen molar-refractivity contribution in [3.63, 3.8) is 0 Å². The van der Waals surface area contributed by atoms with Gasteiger partial charge in [-0.1, -0.05) is 35.5 Å². The van der Waals surface area contributed by atoms with Crippen molar-refractivity contribution >= 4 is 5.97 Å². The van der Waals surface area contributed by atoms with E-state index in [1.165, 1.54) is 0 Å². The zero-order chi connectivity index (χ0) is 30.9. The molecule has 2 N–H and O–H groups in total. The van der Waals surface area contributed by atoms with Crippen LogP contribution < -0.4 is 0 Å². The lowest BCUT2D eigenvalue weighted by Crippen LogP contribution is -2.38. The molecule has 0 unspecified atom stereocenters. The highest BCUT2D eigenvalue weighted by Gasteiger charge is 2.41. The lowest BCUT2D eigenvalue weighted by molar-refractivity contribution is -0.142. The first-order chi connectivity index (χ1) is 20.3. The maximum Gasteiger partial charge on any atom is 0.434 e. The number of aliphatic hydroxyl groups is 1. The standard InChI is InChI=1S/C28H25F6N5O4/c29-27(30,31)19-4-1-5-20(12-19)39-24(28(32,33)34)21(13-35-39)26-36-25(37-43-26)18-8-6-17(7-9-18)22(40)15-38-10-2-3-16(14-38)11-23(41)42/h1,4-9,12-13,16,22,40H,2-3,10-11,14-15H2,(H,41,42)/t16-,22-/m1/s1. The molecule has 1 aliphatic heterocycles. The van der Waals surface area contributed by atoms with E-state index in [1.807, 2.05) is 4.90 Å². The minimum Gasteiger partial charge on any atom is -0.481 e. The normalized spacial score (nSPS) is 17.2. The average molecular weight is 610 g/mol. The van der Waals surface area contributed by atoms with Crippen LogP contribution in [-0.4, -0.2) is 60.6 Å². The number of hydrogen-bond donors (Lipinski definition) is 2. The number of nitrogens with zero attached hydrogens (tertiary/aromatic N) is 5. The van der Waals surface area contributed by atoms with E-state index in [0.717, 1.165) is 43.8 Å². The van der Waals surface area contributed by atoms with Crippen molar-refractivity contribution in [2.75, 3.05) is 19.6 Å². The summed E-state index contributed by atoms with van der Waals surface area (Å²) in [7, 11) is 0. The number of aliphatic hydroxyl groups excluding tert-OH is 1. The Kier molecular flexibility index (Phi) is 8.29. The number of hydrogen-bond acceptors (Lipinski definition) is 7. The lowest BCUT2D eigenvalue weighted by Gasteiger charge is -2.33. The fourth-order valence-corrected chi connectivity index (χ4v) is 5.17. The summed E-state index contributed by atoms with van der Waals surface area (Å²) in [6.07, 6.45) is -8.15. The number of carbonyl (C=O) groups is 1. The Hall–Kier alpha value is -4.24. The summed E-state index contributed by atoms with van der Waals surface area (Å²) < 4.78 is 87.3. The Morgan fingerprint density at radius 3 is 2.49 bits per heavy atom. The van der Waals surface area contributed by atoms with E-state index in [4.69, 9.17) is 9.63 Å². The van der Waals surface area contributed by atoms with Gasteiger partial charge in [-0.25, -0.2) is 4.68 Å². The number of halogens is 6. The highest BCUT2D eigenvalue weighted by Crippen LogP contribution is 2.39. The van der Waals surface area contributed by atoms with Crippen molar-refractivity contribution in [1.82, 2.24) is 24.8 Å². The van der Waals surface area contributed by atoms with Crippen LogP contribution in [0.1, 0.15) is 42.2 Å². The predicted octanol–water partition coefficient (Wildman–Crippen LogP) is 5.85. The number of β-amino-alcohol motifs (C(OH)–C–C–N with tert-alkyl or cyclic N) is 1. The molecule has 0 aliphatic carbocycles. The van der Waals surface area contributed by atoms with E-state index in [1.54, 1.807) is 24.3 Å². The highest BCUT2D eigenvalue weighted by molar-refractivity contribution is 5.67. The van der Waals surface area contributed by atoms with Gasteiger partial charge in [-0.05, 0) is 49.1 Å². The molecular weight excluding hydrogens is 584 g/mol. The highest BCUT2D eigenvalue weighted by atomic mass is 19.4. The first-order valence-electron chi connectivity index (χ1n) is 13.2. The van der Waals surface area contributed by atoms with E-state index in [-0.39, 0.29) is 18.2 Å². The molecule has 0 spiro atoms. The van der Waals surface area contributed by atoms with Gasteiger partial charge in [-0.15, -0.1) is 0 Å². The number of benzene rings is 2. The summed E-state index contributed by atoms with van der Waals surface area (Å²) in [5.41, 5.74) is -2.65. The summed E-state index contributed by atoms with van der Waals surface area (Å²) >= 11 is 0. The Labute approximate surface area is 240 Å². The van der Waals surface area contributed by atoms with E-state index >= 15 is 0 Å². The fourth-order valence-electron chi connectivity index (χ4n) is 5.17. The molecule has 2 aromatic carbocycles. The third-order valence-electron chi connectivity index (χ3n) is 7.16. The van der Waals surface area contributed by atoms with Crippen LogP contribution in [0.5, 0.6) is 0 Å². The smallest absolute Gasteiger partial charge is 0.434 e. The average Bonchev–Trinajstić information content (AvgIpc) is 3.61. The van der Waals surface area contributed by atoms with Gasteiger partial charge in [-0.2, -0.15) is 36.4 Å². The summed E-state index contributed by atoms with van der Waals surface area (Å²) in [4.78, 5) is 17.1. The zero-order valence-corrected chi connectivity index (χ0v) is 22.3. The molecule has 15 heteroatoms. The summed E-state index contributed by atoms with van der Waals surface area (Å²) in [6, 6.07) is 9.69. The summed E-state index contributed by atoms with van der Waals surface area (Å²) in [6.45, 7) is 1.61. The number of alkyl halides is 6. The van der Waals surface area contributed by atoms with Crippen LogP contribution in [0.2, 0.25) is 0 Å². The van der Waals surface area contributed by atoms with Crippen molar-refractivity contribution in [1.29, 1.82) is 0 Å². The quantitative estimate of drug-likeness (QED) is 0.239. The van der Waals surface area contributed by atoms with E-state index in [9.17, 15) is 36.2 Å². The van der Waals surface area contributed by atoms with Crippen LogP contribution in [0.25, 0.3) is 28.5 Å². The number of piperidine rings is 1. The Bertz CT molecular complexity index is 1580. The number of carboxylic acids is 1. The number of rotatable bonds is 8. The number of aliphatic carboxylic acids is 1. The predicted molar refractivity (Wildman–Crippen MR) is 139 cm³/mol. The fraction of sp³-hybridized carbons (Fsp3) is 0.357. The molecule has 9 nitrogen and oxygen atoms in total. The molecule has 0 amide bonds. The van der Waals surface area contributed by atoms with E-state index in [2.05, 4.69) is 15.2 Å². The van der Waals surface area contributed by atoms with Gasteiger partial charge in [-0.3, -0.25) is 4.79 Å². The SMILES string of the molecule is O=C(O)C[C@H]1CCCN(C[C@@H](O)c2ccc(-c3noc(-c4cnn(-c5cccc(C(F)(F)F)c5)c4C(F)(F)F)n3)cc2)C1. The van der Waals surface area contributed by atoms with Crippen LogP contribution in [0.15, 0.2) is 59.3 Å². The zero-order valence-electron chi connectivity index (χ0n) is 22.3. The Balaban J connectivity index is 1.34. The summed E-state index contributed by atoms with van der Waals surface area (Å²) in [5.74, 6) is -1.43. The van der Waals surface area contributed by atoms with Gasteiger partial charge in [0.25, 0.3) is 5.89 Å². The minimum atomic E-state index is -5.03. The van der Waals surface area contributed by atoms with Crippen LogP contribution >= 0.6 is 0 Å². The second kappa shape index (κ2) is 11.8. The van der Waals surface area contributed by atoms with Crippen molar-refractivity contribution in [3.05, 3.63) is 71.5 Å². The third kappa shape index (κ3) is 6.88. The Morgan fingerprint density at radius 1 is 1.07 bits per heavy atom. The first-order valence-corrected chi connectivity index (χ1v) is 13.2. The summed E-state index contributed by atoms with van der Waals surface area (Å²) in [5, 5.41) is 27.2. The molecule has 3 heterocycles. The monoisotopic (exact) mass is 609 g/mol. The van der Waals surface area contributed by atoms with Crippen LogP contribution in [0.4, 0.5) is 26.3 Å². The van der Waals surface area contributed by atoms with Crippen molar-refractivity contribution in [2.45, 2.75) is 37.7 Å². The second-order valence-electron chi connectivity index (χ2n) is 10.3. The molecule has 1 aliphatic rings. The van der Waals surface area contributed by atoms with Crippen molar-refractivity contribution in [2.24, 2.45) is 5.92 Å². The molecule has 228 valence electrons. The number of aromatic nitrogens is 4. The molecule has 0 radical (unpaired) electrons. The molecule has 2 aromatic heterocycles. The van der Waals surface area contributed by atoms with Crippen molar-refractivity contribution in [3.8, 4) is 28.5 Å². The van der Waals surface area contributed by atoms with Gasteiger partial charge >= 0.3 is 18.3 Å². The lowest BCUT2D eigenvalue weighted by atomic mass is 9.94. The third-order valence-corrected chi connectivity index (χ3v) is 7.16. The van der Waals surface area contributed by atoms with Crippen LogP contribution in [0.3, 0.4) is 0 Å². The van der Waals surface area contributed by atoms with E-state index in [0.29, 0.717) is 35.0 Å². The molecule has 0 bridgehead atoms. The molecule has 0 saturated carbocycles. The van der Waals surface area contributed by atoms with Gasteiger partial charge < -0.3 is 19.6 Å². The minimum absolute atomic E-state index is 0.0169. The molecule has 5 rings (SSSR count). The number of likely N-dealkylation sites (tertiary alicyclic amines) is 1. The van der Waals surface area contributed by atoms with Gasteiger partial charge in [0.05, 0.1) is 29.1 Å². The van der Waals surface area contributed by atoms with Crippen LogP contribution in [-0.2, 0) is 17.1 Å². The van der Waals surface area contributed by atoms with Gasteiger partial charge in [0.2, 0.25) is 5.82 Å². The van der Waals surface area contributed by atoms with E-state index < -0.39 is 52.8 Å². The van der Waals surface area contributed by atoms with Gasteiger partial charge in [0.15, 0.2) is 5.69 Å².